The molecule has 0 atom stereocenters. The summed E-state index contributed by atoms with van der Waals surface area (Å²) in [7, 11) is 0. The van der Waals surface area contributed by atoms with E-state index in [0.717, 1.165) is 51.2 Å². The summed E-state index contributed by atoms with van der Waals surface area (Å²) in [5, 5.41) is 0. The fraction of sp³-hybridized carbons (Fsp3) is 0.400. The molecular weight excluding hydrogens is 360 g/mol. The highest BCUT2D eigenvalue weighted by atomic mass is 16.5. The zero-order valence-electron chi connectivity index (χ0n) is 17.6. The minimum absolute atomic E-state index is 0.547. The molecule has 0 spiro atoms. The lowest BCUT2D eigenvalue weighted by Gasteiger charge is -2.34. The molecule has 1 aliphatic heterocycles. The van der Waals surface area contributed by atoms with Gasteiger partial charge in [-0.1, -0.05) is 50.2 Å². The number of benzene rings is 2. The summed E-state index contributed by atoms with van der Waals surface area (Å²) in [6, 6.07) is 17.3. The lowest BCUT2D eigenvalue weighted by molar-refractivity contribution is -0.104. The van der Waals surface area contributed by atoms with Gasteiger partial charge in [0.15, 0.2) is 0 Å². The Kier molecular flexibility index (Phi) is 7.88. The number of carbonyl (C=O) groups excluding carboxylic acids is 1. The monoisotopic (exact) mass is 392 g/mol. The Hall–Kier alpha value is -2.59. The lowest BCUT2D eigenvalue weighted by Crippen LogP contribution is -2.43. The molecule has 1 aliphatic rings. The predicted molar refractivity (Wildman–Crippen MR) is 118 cm³/mol. The summed E-state index contributed by atoms with van der Waals surface area (Å²) in [6.07, 6.45) is 5.20. The average Bonchev–Trinajstić information content (AvgIpc) is 2.75. The van der Waals surface area contributed by atoms with Crippen LogP contribution in [-0.2, 0) is 17.8 Å². The van der Waals surface area contributed by atoms with E-state index in [4.69, 9.17) is 4.74 Å². The third-order valence-electron chi connectivity index (χ3n) is 5.42. The van der Waals surface area contributed by atoms with Crippen molar-refractivity contribution in [3.63, 3.8) is 0 Å². The molecule has 2 aromatic carbocycles. The van der Waals surface area contributed by atoms with Crippen LogP contribution in [0.3, 0.4) is 0 Å². The summed E-state index contributed by atoms with van der Waals surface area (Å²) < 4.78 is 5.89. The minimum Gasteiger partial charge on any atom is -0.493 e. The fourth-order valence-electron chi connectivity index (χ4n) is 3.53. The molecule has 0 bridgehead atoms. The van der Waals surface area contributed by atoms with E-state index in [-0.39, 0.29) is 0 Å². The van der Waals surface area contributed by atoms with Crippen molar-refractivity contribution >= 4 is 6.29 Å². The standard InChI is InChI=1S/C25H32N2O2/c1-21(2)24-8-10-25(11-9-24)29-19-12-22-4-6-23(7-5-22)20-27-16-14-26(15-17-27)13-3-18-28/h3-11,13,18,21H,12,14-17,19-20H2,1-2H3. The maximum absolute atomic E-state index is 10.4. The van der Waals surface area contributed by atoms with Gasteiger partial charge >= 0.3 is 0 Å². The number of nitrogens with zero attached hydrogens (tertiary/aromatic N) is 2. The Balaban J connectivity index is 1.40. The van der Waals surface area contributed by atoms with Crippen LogP contribution in [0.15, 0.2) is 60.8 Å². The van der Waals surface area contributed by atoms with Gasteiger partial charge in [0, 0.05) is 45.3 Å². The molecule has 4 nitrogen and oxygen atoms in total. The summed E-state index contributed by atoms with van der Waals surface area (Å²) in [5.74, 6) is 1.49. The molecule has 1 saturated heterocycles. The number of hydrogen-bond acceptors (Lipinski definition) is 4. The molecule has 29 heavy (non-hydrogen) atoms. The summed E-state index contributed by atoms with van der Waals surface area (Å²) in [5.41, 5.74) is 3.99. The first-order chi connectivity index (χ1) is 14.1. The maximum atomic E-state index is 10.4. The van der Waals surface area contributed by atoms with Gasteiger partial charge in [0.2, 0.25) is 0 Å². The van der Waals surface area contributed by atoms with E-state index in [1.807, 2.05) is 6.20 Å². The van der Waals surface area contributed by atoms with Gasteiger partial charge in [-0.25, -0.2) is 0 Å². The van der Waals surface area contributed by atoms with Crippen molar-refractivity contribution in [2.24, 2.45) is 0 Å². The third-order valence-corrected chi connectivity index (χ3v) is 5.42. The zero-order valence-corrected chi connectivity index (χ0v) is 17.6. The smallest absolute Gasteiger partial charge is 0.144 e. The zero-order chi connectivity index (χ0) is 20.5. The van der Waals surface area contributed by atoms with Gasteiger partial charge in [-0.3, -0.25) is 9.69 Å². The van der Waals surface area contributed by atoms with Crippen LogP contribution in [0.4, 0.5) is 0 Å². The Labute approximate surface area is 174 Å². The first kappa shape index (κ1) is 21.1. The van der Waals surface area contributed by atoms with Crippen LogP contribution in [-0.4, -0.2) is 48.9 Å². The molecule has 0 radical (unpaired) electrons. The molecule has 1 fully saturated rings. The van der Waals surface area contributed by atoms with Crippen molar-refractivity contribution in [3.8, 4) is 5.75 Å². The molecule has 0 N–H and O–H groups in total. The van der Waals surface area contributed by atoms with Crippen LogP contribution in [0.1, 0.15) is 36.5 Å². The number of allylic oxidation sites excluding steroid dienone is 1. The molecule has 154 valence electrons. The summed E-state index contributed by atoms with van der Waals surface area (Å²) >= 11 is 0. The predicted octanol–water partition coefficient (Wildman–Crippen LogP) is 4.26. The number of rotatable bonds is 9. The van der Waals surface area contributed by atoms with E-state index >= 15 is 0 Å². The fourth-order valence-corrected chi connectivity index (χ4v) is 3.53. The van der Waals surface area contributed by atoms with Gasteiger partial charge in [-0.05, 0) is 40.8 Å². The van der Waals surface area contributed by atoms with Crippen molar-refractivity contribution in [1.29, 1.82) is 0 Å². The van der Waals surface area contributed by atoms with Crippen molar-refractivity contribution in [1.82, 2.24) is 9.80 Å². The molecule has 0 unspecified atom stereocenters. The van der Waals surface area contributed by atoms with E-state index in [1.54, 1.807) is 6.08 Å². The topological polar surface area (TPSA) is 32.8 Å². The number of piperazine rings is 1. The highest BCUT2D eigenvalue weighted by molar-refractivity contribution is 5.64. The molecule has 4 heteroatoms. The van der Waals surface area contributed by atoms with E-state index in [9.17, 15) is 4.79 Å². The molecule has 0 aliphatic carbocycles. The van der Waals surface area contributed by atoms with Gasteiger partial charge in [0.1, 0.15) is 12.0 Å². The second kappa shape index (κ2) is 10.8. The molecule has 0 amide bonds. The van der Waals surface area contributed by atoms with E-state index in [1.165, 1.54) is 16.7 Å². The quantitative estimate of drug-likeness (QED) is 0.471. The van der Waals surface area contributed by atoms with Crippen molar-refractivity contribution in [2.45, 2.75) is 32.7 Å². The SMILES string of the molecule is CC(C)c1ccc(OCCc2ccc(CN3CCN(C=CC=O)CC3)cc2)cc1. The Morgan fingerprint density at radius 3 is 2.21 bits per heavy atom. The van der Waals surface area contributed by atoms with E-state index in [0.29, 0.717) is 12.5 Å². The largest absolute Gasteiger partial charge is 0.493 e. The molecule has 1 heterocycles. The normalized spacial score (nSPS) is 15.2. The van der Waals surface area contributed by atoms with Gasteiger partial charge in [0.25, 0.3) is 0 Å². The van der Waals surface area contributed by atoms with Crippen LogP contribution in [0, 0.1) is 0 Å². The van der Waals surface area contributed by atoms with Crippen molar-refractivity contribution < 1.29 is 9.53 Å². The lowest BCUT2D eigenvalue weighted by atomic mass is 10.0. The van der Waals surface area contributed by atoms with Gasteiger partial charge < -0.3 is 9.64 Å². The third kappa shape index (κ3) is 6.75. The molecule has 0 aromatic heterocycles. The van der Waals surface area contributed by atoms with Gasteiger partial charge in [-0.2, -0.15) is 0 Å². The van der Waals surface area contributed by atoms with Crippen molar-refractivity contribution in [2.75, 3.05) is 32.8 Å². The molecule has 3 rings (SSSR count). The highest BCUT2D eigenvalue weighted by Gasteiger charge is 2.14. The first-order valence-electron chi connectivity index (χ1n) is 10.5. The minimum atomic E-state index is 0.547. The highest BCUT2D eigenvalue weighted by Crippen LogP contribution is 2.19. The number of ether oxygens (including phenoxy) is 1. The second-order valence-electron chi connectivity index (χ2n) is 7.93. The van der Waals surface area contributed by atoms with Crippen LogP contribution < -0.4 is 4.74 Å². The van der Waals surface area contributed by atoms with Crippen LogP contribution in [0.25, 0.3) is 0 Å². The first-order valence-corrected chi connectivity index (χ1v) is 10.5. The van der Waals surface area contributed by atoms with Crippen molar-refractivity contribution in [3.05, 3.63) is 77.5 Å². The average molecular weight is 393 g/mol. The maximum Gasteiger partial charge on any atom is 0.144 e. The summed E-state index contributed by atoms with van der Waals surface area (Å²) in [4.78, 5) is 15.1. The molecule has 2 aromatic rings. The van der Waals surface area contributed by atoms with Gasteiger partial charge in [0.05, 0.1) is 6.61 Å². The number of aldehydes is 1. The van der Waals surface area contributed by atoms with Gasteiger partial charge in [-0.15, -0.1) is 0 Å². The Morgan fingerprint density at radius 2 is 1.59 bits per heavy atom. The van der Waals surface area contributed by atoms with Crippen LogP contribution in [0.5, 0.6) is 5.75 Å². The van der Waals surface area contributed by atoms with Crippen LogP contribution >= 0.6 is 0 Å². The Bertz CT molecular complexity index is 773. The van der Waals surface area contributed by atoms with E-state index in [2.05, 4.69) is 72.2 Å². The summed E-state index contributed by atoms with van der Waals surface area (Å²) in [6.45, 7) is 10.1. The number of hydrogen-bond donors (Lipinski definition) is 0. The van der Waals surface area contributed by atoms with E-state index < -0.39 is 0 Å². The molecular formula is C25H32N2O2. The second-order valence-corrected chi connectivity index (χ2v) is 7.93. The Morgan fingerprint density at radius 1 is 0.931 bits per heavy atom. The number of carbonyl (C=O) groups is 1. The van der Waals surface area contributed by atoms with Crippen LogP contribution in [0.2, 0.25) is 0 Å². The molecule has 0 saturated carbocycles.